The first-order valence-electron chi connectivity index (χ1n) is 6.84. The molecule has 0 aromatic heterocycles. The number of nitrogens with zero attached hydrogens (tertiary/aromatic N) is 1. The van der Waals surface area contributed by atoms with E-state index < -0.39 is 10.0 Å². The predicted molar refractivity (Wildman–Crippen MR) is 88.0 cm³/mol. The Labute approximate surface area is 132 Å². The fraction of sp³-hybridized carbons (Fsp3) is 0.571. The van der Waals surface area contributed by atoms with Gasteiger partial charge in [0.2, 0.25) is 10.0 Å². The first-order valence-corrected chi connectivity index (χ1v) is 8.70. The molecule has 21 heavy (non-hydrogen) atoms. The molecule has 7 heteroatoms. The number of benzene rings is 1. The Morgan fingerprint density at radius 3 is 2.43 bits per heavy atom. The van der Waals surface area contributed by atoms with E-state index >= 15 is 0 Å². The molecule has 5 nitrogen and oxygen atoms in total. The van der Waals surface area contributed by atoms with Gasteiger partial charge in [-0.25, -0.2) is 13.1 Å². The van der Waals surface area contributed by atoms with Gasteiger partial charge in [0.1, 0.15) is 4.90 Å². The number of halogens is 1. The zero-order valence-electron chi connectivity index (χ0n) is 12.9. The van der Waals surface area contributed by atoms with Crippen LogP contribution in [0.15, 0.2) is 23.1 Å². The van der Waals surface area contributed by atoms with Crippen LogP contribution in [-0.2, 0) is 10.0 Å². The molecule has 0 bridgehead atoms. The number of nitrogens with one attached hydrogen (secondary N) is 1. The maximum Gasteiger partial charge on any atom is 0.244 e. The zero-order valence-corrected chi connectivity index (χ0v) is 14.5. The van der Waals surface area contributed by atoms with E-state index in [9.17, 15) is 8.42 Å². The summed E-state index contributed by atoms with van der Waals surface area (Å²) < 4.78 is 27.8. The number of likely N-dealkylation sites (N-methyl/N-ethyl adjacent to an activating group) is 1. The highest BCUT2D eigenvalue weighted by Crippen LogP contribution is 2.27. The second-order valence-corrected chi connectivity index (χ2v) is 7.93. The second-order valence-electron chi connectivity index (χ2n) is 5.87. The Morgan fingerprint density at radius 1 is 1.33 bits per heavy atom. The molecular formula is C14H24ClN3O2S. The highest BCUT2D eigenvalue weighted by atomic mass is 35.5. The van der Waals surface area contributed by atoms with E-state index in [-0.39, 0.29) is 21.6 Å². The van der Waals surface area contributed by atoms with Crippen LogP contribution in [0.4, 0.5) is 5.69 Å². The maximum atomic E-state index is 12.6. The summed E-state index contributed by atoms with van der Waals surface area (Å²) in [5.74, 6) is 0.376. The Morgan fingerprint density at radius 2 is 1.95 bits per heavy atom. The molecule has 0 heterocycles. The molecule has 0 radical (unpaired) electrons. The van der Waals surface area contributed by atoms with Crippen LogP contribution in [0.1, 0.15) is 20.3 Å². The molecule has 0 saturated heterocycles. The molecule has 0 saturated carbocycles. The van der Waals surface area contributed by atoms with Gasteiger partial charge in [-0.1, -0.05) is 31.5 Å². The number of hydrogen-bond donors (Lipinski definition) is 2. The second kappa shape index (κ2) is 7.45. The minimum absolute atomic E-state index is 0.0424. The fourth-order valence-electron chi connectivity index (χ4n) is 2.26. The van der Waals surface area contributed by atoms with Crippen LogP contribution < -0.4 is 10.5 Å². The summed E-state index contributed by atoms with van der Waals surface area (Å²) >= 11 is 6.00. The third-order valence-electron chi connectivity index (χ3n) is 2.93. The molecule has 0 amide bonds. The van der Waals surface area contributed by atoms with Gasteiger partial charge in [0.25, 0.3) is 0 Å². The number of nitrogen functional groups attached to an aromatic ring is 1. The van der Waals surface area contributed by atoms with Gasteiger partial charge < -0.3 is 10.6 Å². The first-order chi connectivity index (χ1) is 9.63. The normalized spacial score (nSPS) is 13.9. The van der Waals surface area contributed by atoms with Gasteiger partial charge in [0.05, 0.1) is 10.7 Å². The molecule has 1 rings (SSSR count). The van der Waals surface area contributed by atoms with Crippen molar-refractivity contribution in [2.45, 2.75) is 31.2 Å². The van der Waals surface area contributed by atoms with E-state index in [1.807, 2.05) is 19.0 Å². The summed E-state index contributed by atoms with van der Waals surface area (Å²) in [5.41, 5.74) is 5.93. The van der Waals surface area contributed by atoms with Crippen LogP contribution in [0, 0.1) is 5.92 Å². The quantitative estimate of drug-likeness (QED) is 0.750. The van der Waals surface area contributed by atoms with Crippen LogP contribution >= 0.6 is 11.6 Å². The van der Waals surface area contributed by atoms with Crippen molar-refractivity contribution in [3.05, 3.63) is 23.2 Å². The van der Waals surface area contributed by atoms with Crippen molar-refractivity contribution in [3.63, 3.8) is 0 Å². The molecule has 0 aliphatic heterocycles. The molecule has 1 unspecified atom stereocenters. The maximum absolute atomic E-state index is 12.6. The van der Waals surface area contributed by atoms with E-state index in [1.54, 1.807) is 6.07 Å². The Hall–Kier alpha value is -0.820. The zero-order chi connectivity index (χ0) is 16.2. The van der Waals surface area contributed by atoms with E-state index in [0.717, 1.165) is 6.42 Å². The largest absolute Gasteiger partial charge is 0.398 e. The number of anilines is 1. The third kappa shape index (κ3) is 5.47. The number of hydrogen-bond acceptors (Lipinski definition) is 4. The molecule has 3 N–H and O–H groups in total. The molecular weight excluding hydrogens is 310 g/mol. The molecule has 0 fully saturated rings. The monoisotopic (exact) mass is 333 g/mol. The van der Waals surface area contributed by atoms with E-state index in [1.165, 1.54) is 12.1 Å². The van der Waals surface area contributed by atoms with Crippen molar-refractivity contribution >= 4 is 27.3 Å². The van der Waals surface area contributed by atoms with Gasteiger partial charge >= 0.3 is 0 Å². The lowest BCUT2D eigenvalue weighted by Crippen LogP contribution is -2.42. The van der Waals surface area contributed by atoms with Crippen molar-refractivity contribution < 1.29 is 8.42 Å². The topological polar surface area (TPSA) is 75.4 Å². The molecule has 1 aromatic carbocycles. The molecule has 1 atom stereocenters. The summed E-state index contributed by atoms with van der Waals surface area (Å²) in [6, 6.07) is 4.49. The number of sulfonamides is 1. The Kier molecular flexibility index (Phi) is 6.46. The van der Waals surface area contributed by atoms with Gasteiger partial charge in [-0.15, -0.1) is 0 Å². The van der Waals surface area contributed by atoms with E-state index in [4.69, 9.17) is 17.3 Å². The highest BCUT2D eigenvalue weighted by Gasteiger charge is 2.25. The fourth-order valence-corrected chi connectivity index (χ4v) is 4.17. The van der Waals surface area contributed by atoms with Crippen LogP contribution in [0.3, 0.4) is 0 Å². The van der Waals surface area contributed by atoms with E-state index in [0.29, 0.717) is 12.5 Å². The van der Waals surface area contributed by atoms with Crippen LogP contribution in [0.2, 0.25) is 5.02 Å². The average molecular weight is 334 g/mol. The van der Waals surface area contributed by atoms with Gasteiger partial charge in [-0.2, -0.15) is 0 Å². The highest BCUT2D eigenvalue weighted by molar-refractivity contribution is 7.89. The minimum Gasteiger partial charge on any atom is -0.398 e. The molecule has 120 valence electrons. The summed E-state index contributed by atoms with van der Waals surface area (Å²) in [6.07, 6.45) is 0.738. The van der Waals surface area contributed by atoms with Gasteiger partial charge in [-0.05, 0) is 38.6 Å². The lowest BCUT2D eigenvalue weighted by atomic mass is 10.0. The van der Waals surface area contributed by atoms with E-state index in [2.05, 4.69) is 18.6 Å². The summed E-state index contributed by atoms with van der Waals surface area (Å²) in [6.45, 7) is 4.73. The first kappa shape index (κ1) is 18.2. The Bertz CT molecular complexity index is 543. The molecule has 0 spiro atoms. The van der Waals surface area contributed by atoms with Crippen molar-refractivity contribution in [2.24, 2.45) is 5.92 Å². The SMILES string of the molecule is CC(C)CC(CN(C)C)NS(=O)(=O)c1c(N)cccc1Cl. The van der Waals surface area contributed by atoms with Crippen LogP contribution in [-0.4, -0.2) is 40.0 Å². The third-order valence-corrected chi connectivity index (χ3v) is 4.99. The lowest BCUT2D eigenvalue weighted by molar-refractivity contribution is 0.329. The Balaban J connectivity index is 3.05. The predicted octanol–water partition coefficient (Wildman–Crippen LogP) is 2.18. The molecule has 1 aromatic rings. The van der Waals surface area contributed by atoms with Gasteiger partial charge in [0, 0.05) is 12.6 Å². The van der Waals surface area contributed by atoms with Crippen molar-refractivity contribution in [1.82, 2.24) is 9.62 Å². The molecule has 0 aliphatic carbocycles. The summed E-state index contributed by atoms with van der Waals surface area (Å²) in [7, 11) is 0.0707. The summed E-state index contributed by atoms with van der Waals surface area (Å²) in [4.78, 5) is 1.91. The van der Waals surface area contributed by atoms with Crippen LogP contribution in [0.25, 0.3) is 0 Å². The summed E-state index contributed by atoms with van der Waals surface area (Å²) in [5, 5.41) is 0.135. The minimum atomic E-state index is -3.75. The molecule has 0 aliphatic rings. The van der Waals surface area contributed by atoms with Gasteiger partial charge in [0.15, 0.2) is 0 Å². The van der Waals surface area contributed by atoms with Crippen molar-refractivity contribution in [1.29, 1.82) is 0 Å². The van der Waals surface area contributed by atoms with Crippen molar-refractivity contribution in [3.8, 4) is 0 Å². The number of nitrogens with two attached hydrogens (primary N) is 1. The van der Waals surface area contributed by atoms with Crippen LogP contribution in [0.5, 0.6) is 0 Å². The van der Waals surface area contributed by atoms with Crippen molar-refractivity contribution in [2.75, 3.05) is 26.4 Å². The smallest absolute Gasteiger partial charge is 0.244 e. The average Bonchev–Trinajstić information content (AvgIpc) is 2.24. The lowest BCUT2D eigenvalue weighted by Gasteiger charge is -2.24. The standard InChI is InChI=1S/C14H24ClN3O2S/c1-10(2)8-11(9-18(3)4)17-21(19,20)14-12(15)6-5-7-13(14)16/h5-7,10-11,17H,8-9,16H2,1-4H3. The number of rotatable bonds is 7. The van der Waals surface area contributed by atoms with Gasteiger partial charge in [-0.3, -0.25) is 0 Å².